The van der Waals surface area contributed by atoms with Gasteiger partial charge in [-0.2, -0.15) is 0 Å². The largest absolute Gasteiger partial charge is 0.487 e. The van der Waals surface area contributed by atoms with Crippen LogP contribution in [0.5, 0.6) is 5.75 Å². The van der Waals surface area contributed by atoms with Gasteiger partial charge in [0.05, 0.1) is 6.20 Å². The van der Waals surface area contributed by atoms with Gasteiger partial charge in [-0.1, -0.05) is 47.2 Å². The Morgan fingerprint density at radius 2 is 1.97 bits per heavy atom. The van der Waals surface area contributed by atoms with Crippen molar-refractivity contribution in [1.82, 2.24) is 20.0 Å². The summed E-state index contributed by atoms with van der Waals surface area (Å²) in [6.45, 7) is 3.35. The molecule has 6 heteroatoms. The molecule has 158 valence electrons. The van der Waals surface area contributed by atoms with Gasteiger partial charge in [0.25, 0.3) is 0 Å². The number of benzene rings is 2. The van der Waals surface area contributed by atoms with E-state index in [0.29, 0.717) is 12.5 Å². The highest BCUT2D eigenvalue weighted by Crippen LogP contribution is 2.16. The van der Waals surface area contributed by atoms with Gasteiger partial charge >= 0.3 is 0 Å². The van der Waals surface area contributed by atoms with Crippen LogP contribution >= 0.6 is 0 Å². The second-order valence-corrected chi connectivity index (χ2v) is 7.48. The first-order valence-corrected chi connectivity index (χ1v) is 10.5. The molecule has 31 heavy (non-hydrogen) atoms. The monoisotopic (exact) mass is 414 g/mol. The smallest absolute Gasteiger partial charge is 0.218 e. The van der Waals surface area contributed by atoms with Crippen LogP contribution < -0.4 is 4.74 Å². The Kier molecular flexibility index (Phi) is 6.90. The fraction of sp³-hybridized carbons (Fsp3) is 0.240. The Morgan fingerprint density at radius 3 is 2.77 bits per heavy atom. The number of aryl methyl sites for hydroxylation is 3. The minimum atomic E-state index is 0.374. The quantitative estimate of drug-likeness (QED) is 0.327. The Bertz CT molecular complexity index is 1100. The molecule has 0 amide bonds. The van der Waals surface area contributed by atoms with Crippen LogP contribution in [0.4, 0.5) is 0 Å². The number of ether oxygens (including phenoxy) is 1. The first-order chi connectivity index (χ1) is 15.2. The standard InChI is InChI=1S/C25H26N4O2/c1-20-5-4-7-22(17-20)10-13-25-27-23(19-31-25)18-30-24-11-8-21(9-12-24)6-2-3-15-29-16-14-26-28-29/h4-5,7-14,16-17,19H,2-3,6,15,18H2,1H3/b13-10+. The molecule has 0 unspecified atom stereocenters. The lowest BCUT2D eigenvalue weighted by molar-refractivity contribution is 0.301. The predicted octanol–water partition coefficient (Wildman–Crippen LogP) is 5.35. The summed E-state index contributed by atoms with van der Waals surface area (Å²) in [4.78, 5) is 4.46. The summed E-state index contributed by atoms with van der Waals surface area (Å²) in [6.07, 6.45) is 12.3. The van der Waals surface area contributed by atoms with Crippen LogP contribution in [0, 0.1) is 6.92 Å². The molecule has 0 aliphatic heterocycles. The van der Waals surface area contributed by atoms with Crippen LogP contribution in [-0.4, -0.2) is 20.0 Å². The number of nitrogens with zero attached hydrogens (tertiary/aromatic N) is 4. The lowest BCUT2D eigenvalue weighted by Gasteiger charge is -2.06. The van der Waals surface area contributed by atoms with Crippen LogP contribution in [0.3, 0.4) is 0 Å². The third-order valence-corrected chi connectivity index (χ3v) is 4.91. The van der Waals surface area contributed by atoms with Crippen molar-refractivity contribution >= 4 is 12.2 Å². The van der Waals surface area contributed by atoms with E-state index < -0.39 is 0 Å². The molecule has 2 aromatic carbocycles. The van der Waals surface area contributed by atoms with Gasteiger partial charge < -0.3 is 9.15 Å². The van der Waals surface area contributed by atoms with Gasteiger partial charge in [-0.15, -0.1) is 5.10 Å². The molecule has 2 heterocycles. The molecule has 0 atom stereocenters. The van der Waals surface area contributed by atoms with E-state index in [4.69, 9.17) is 9.15 Å². The number of rotatable bonds is 10. The number of unbranched alkanes of at least 4 members (excludes halogenated alkanes) is 1. The van der Waals surface area contributed by atoms with Crippen LogP contribution in [0.2, 0.25) is 0 Å². The first-order valence-electron chi connectivity index (χ1n) is 10.5. The number of aromatic nitrogens is 4. The minimum absolute atomic E-state index is 0.374. The summed E-state index contributed by atoms with van der Waals surface area (Å²) in [6, 6.07) is 16.5. The summed E-state index contributed by atoms with van der Waals surface area (Å²) in [7, 11) is 0. The van der Waals surface area contributed by atoms with Crippen molar-refractivity contribution < 1.29 is 9.15 Å². The van der Waals surface area contributed by atoms with Crippen molar-refractivity contribution in [3.05, 3.63) is 95.5 Å². The Labute approximate surface area is 182 Å². The Morgan fingerprint density at radius 1 is 1.06 bits per heavy atom. The van der Waals surface area contributed by atoms with E-state index in [1.165, 1.54) is 11.1 Å². The molecular weight excluding hydrogens is 388 g/mol. The number of hydrogen-bond acceptors (Lipinski definition) is 5. The molecule has 0 saturated carbocycles. The lowest BCUT2D eigenvalue weighted by atomic mass is 10.1. The van der Waals surface area contributed by atoms with Gasteiger partial charge in [0.1, 0.15) is 24.3 Å². The van der Waals surface area contributed by atoms with Crippen molar-refractivity contribution in [1.29, 1.82) is 0 Å². The molecule has 0 spiro atoms. The number of oxazole rings is 1. The second-order valence-electron chi connectivity index (χ2n) is 7.48. The van der Waals surface area contributed by atoms with Crippen molar-refractivity contribution in [3.63, 3.8) is 0 Å². The molecule has 0 aliphatic carbocycles. The molecule has 0 N–H and O–H groups in total. The maximum absolute atomic E-state index is 5.85. The molecule has 0 aliphatic rings. The molecule has 0 bridgehead atoms. The van der Waals surface area contributed by atoms with E-state index in [0.717, 1.165) is 42.8 Å². The van der Waals surface area contributed by atoms with Gasteiger partial charge in [-0.25, -0.2) is 4.98 Å². The third kappa shape index (κ3) is 6.40. The van der Waals surface area contributed by atoms with E-state index in [1.54, 1.807) is 12.5 Å². The normalized spacial score (nSPS) is 11.3. The molecule has 6 nitrogen and oxygen atoms in total. The molecule has 0 saturated heterocycles. The maximum Gasteiger partial charge on any atom is 0.218 e. The predicted molar refractivity (Wildman–Crippen MR) is 120 cm³/mol. The molecule has 4 aromatic rings. The lowest BCUT2D eigenvalue weighted by Crippen LogP contribution is -1.99. The van der Waals surface area contributed by atoms with Gasteiger partial charge in [0.15, 0.2) is 0 Å². The fourth-order valence-electron chi connectivity index (χ4n) is 3.27. The molecule has 2 aromatic heterocycles. The van der Waals surface area contributed by atoms with E-state index in [-0.39, 0.29) is 0 Å². The highest BCUT2D eigenvalue weighted by molar-refractivity contribution is 5.66. The summed E-state index contributed by atoms with van der Waals surface area (Å²) in [5.74, 6) is 1.40. The average molecular weight is 415 g/mol. The van der Waals surface area contributed by atoms with Crippen molar-refractivity contribution in [2.75, 3.05) is 0 Å². The summed E-state index contributed by atoms with van der Waals surface area (Å²) >= 11 is 0. The number of hydrogen-bond donors (Lipinski definition) is 0. The van der Waals surface area contributed by atoms with E-state index >= 15 is 0 Å². The van der Waals surface area contributed by atoms with E-state index in [2.05, 4.69) is 52.6 Å². The minimum Gasteiger partial charge on any atom is -0.487 e. The summed E-state index contributed by atoms with van der Waals surface area (Å²) < 4.78 is 13.2. The third-order valence-electron chi connectivity index (χ3n) is 4.91. The van der Waals surface area contributed by atoms with E-state index in [1.807, 2.05) is 41.2 Å². The van der Waals surface area contributed by atoms with Crippen LogP contribution in [0.25, 0.3) is 12.2 Å². The highest BCUT2D eigenvalue weighted by atomic mass is 16.5. The van der Waals surface area contributed by atoms with Gasteiger partial charge in [-0.3, -0.25) is 4.68 Å². The maximum atomic E-state index is 5.85. The Balaban J connectivity index is 1.21. The topological polar surface area (TPSA) is 66.0 Å². The summed E-state index contributed by atoms with van der Waals surface area (Å²) in [5, 5.41) is 7.80. The first kappa shape index (κ1) is 20.6. The van der Waals surface area contributed by atoms with Gasteiger partial charge in [0.2, 0.25) is 5.89 Å². The zero-order chi connectivity index (χ0) is 21.3. The Hall–Kier alpha value is -3.67. The molecular formula is C25H26N4O2. The molecule has 0 fully saturated rings. The van der Waals surface area contributed by atoms with Crippen molar-refractivity contribution in [2.45, 2.75) is 39.3 Å². The van der Waals surface area contributed by atoms with Crippen molar-refractivity contribution in [3.8, 4) is 5.75 Å². The fourth-order valence-corrected chi connectivity index (χ4v) is 3.27. The zero-order valence-electron chi connectivity index (χ0n) is 17.6. The van der Waals surface area contributed by atoms with Gasteiger partial charge in [0, 0.05) is 18.8 Å². The van der Waals surface area contributed by atoms with Crippen molar-refractivity contribution in [2.24, 2.45) is 0 Å². The highest BCUT2D eigenvalue weighted by Gasteiger charge is 2.03. The van der Waals surface area contributed by atoms with Crippen LogP contribution in [0.1, 0.15) is 41.1 Å². The molecule has 0 radical (unpaired) electrons. The second kappa shape index (κ2) is 10.4. The van der Waals surface area contributed by atoms with Gasteiger partial charge in [-0.05, 0) is 55.5 Å². The van der Waals surface area contributed by atoms with E-state index in [9.17, 15) is 0 Å². The SMILES string of the molecule is Cc1cccc(/C=C/c2nc(COc3ccc(CCCCn4ccnn4)cc3)co2)c1. The zero-order valence-corrected chi connectivity index (χ0v) is 17.6. The average Bonchev–Trinajstić information content (AvgIpc) is 3.47. The van der Waals surface area contributed by atoms with Crippen LogP contribution in [0.15, 0.2) is 71.6 Å². The summed E-state index contributed by atoms with van der Waals surface area (Å²) in [5.41, 5.74) is 4.41. The van der Waals surface area contributed by atoms with Crippen LogP contribution in [-0.2, 0) is 19.6 Å². The molecule has 4 rings (SSSR count).